The van der Waals surface area contributed by atoms with E-state index in [0.29, 0.717) is 5.69 Å². The monoisotopic (exact) mass is 493 g/mol. The van der Waals surface area contributed by atoms with Crippen LogP contribution in [0.5, 0.6) is 0 Å². The Morgan fingerprint density at radius 3 is 2.74 bits per heavy atom. The third-order valence-corrected chi connectivity index (χ3v) is 8.40. The van der Waals surface area contributed by atoms with E-state index in [1.807, 2.05) is 25.1 Å². The van der Waals surface area contributed by atoms with E-state index in [9.17, 15) is 18.3 Å². The van der Waals surface area contributed by atoms with Gasteiger partial charge in [0.05, 0.1) is 23.2 Å². The molecule has 5 rings (SSSR count). The largest absolute Gasteiger partial charge is 0.392 e. The van der Waals surface area contributed by atoms with Gasteiger partial charge in [0.15, 0.2) is 0 Å². The van der Waals surface area contributed by atoms with Gasteiger partial charge in [-0.05, 0) is 55.0 Å². The van der Waals surface area contributed by atoms with Crippen LogP contribution in [0.3, 0.4) is 0 Å². The number of aryl methyl sites for hydroxylation is 2. The molecule has 1 amide bonds. The van der Waals surface area contributed by atoms with Crippen molar-refractivity contribution in [2.24, 2.45) is 0 Å². The molecule has 0 fully saturated rings. The van der Waals surface area contributed by atoms with Gasteiger partial charge >= 0.3 is 0 Å². The van der Waals surface area contributed by atoms with Crippen molar-refractivity contribution in [3.63, 3.8) is 0 Å². The fourth-order valence-corrected chi connectivity index (χ4v) is 6.19. The smallest absolute Gasteiger partial charge is 0.264 e. The summed E-state index contributed by atoms with van der Waals surface area (Å²) in [7, 11) is -3.93. The van der Waals surface area contributed by atoms with E-state index < -0.39 is 22.0 Å². The molecule has 0 bridgehead atoms. The number of aliphatic hydroxyl groups is 1. The Morgan fingerprint density at radius 1 is 1.17 bits per heavy atom. The van der Waals surface area contributed by atoms with Crippen LogP contribution in [0.1, 0.15) is 46.8 Å². The van der Waals surface area contributed by atoms with E-state index >= 15 is 0 Å². The quantitative estimate of drug-likeness (QED) is 0.544. The Morgan fingerprint density at radius 2 is 1.97 bits per heavy atom. The van der Waals surface area contributed by atoms with Gasteiger partial charge in [-0.1, -0.05) is 41.1 Å². The summed E-state index contributed by atoms with van der Waals surface area (Å²) in [4.78, 5) is 12.9. The first kappa shape index (κ1) is 23.3. The number of rotatable bonds is 6. The average molecular weight is 494 g/mol. The highest BCUT2D eigenvalue weighted by molar-refractivity contribution is 7.89. The average Bonchev–Trinajstić information content (AvgIpc) is 3.33. The van der Waals surface area contributed by atoms with E-state index in [2.05, 4.69) is 15.6 Å². The van der Waals surface area contributed by atoms with E-state index in [1.165, 1.54) is 18.0 Å². The van der Waals surface area contributed by atoms with Crippen LogP contribution in [-0.4, -0.2) is 44.8 Å². The van der Waals surface area contributed by atoms with Crippen molar-refractivity contribution >= 4 is 15.9 Å². The van der Waals surface area contributed by atoms with E-state index in [1.54, 1.807) is 35.1 Å². The van der Waals surface area contributed by atoms with Crippen LogP contribution in [0.25, 0.3) is 0 Å². The molecular formula is C25H27N5O4S. The zero-order valence-electron chi connectivity index (χ0n) is 19.3. The first-order valence-corrected chi connectivity index (χ1v) is 13.0. The number of aliphatic hydroxyl groups excluding tert-OH is 1. The van der Waals surface area contributed by atoms with Crippen molar-refractivity contribution in [1.82, 2.24) is 24.6 Å². The molecule has 2 atom stereocenters. The lowest BCUT2D eigenvalue weighted by Gasteiger charge is -2.31. The predicted molar refractivity (Wildman–Crippen MR) is 128 cm³/mol. The standard InChI is InChI=1S/C25H27N5O4S/c1-17-5-8-21(9-6-17)35(33,34)30-12-11-26-25(32)24(30)14-20-15-29(28-27-20)23-4-2-3-19-13-18(16-31)7-10-22(19)23/h5-13,15,23-24,31H,2-4,14,16H2,1H3,(H,26,32)/t23?,24-/m1/s1. The Kier molecular flexibility index (Phi) is 6.16. The number of fused-ring (bicyclic) bond motifs is 1. The number of nitrogens with zero attached hydrogens (tertiary/aromatic N) is 4. The minimum atomic E-state index is -3.93. The van der Waals surface area contributed by atoms with Crippen molar-refractivity contribution in [1.29, 1.82) is 0 Å². The SMILES string of the molecule is Cc1ccc(S(=O)(=O)N2C=CNC(=O)[C@H]2Cc2cn(C3CCCc4cc(CO)ccc43)nn2)cc1. The number of benzene rings is 2. The lowest BCUT2D eigenvalue weighted by atomic mass is 9.86. The van der Waals surface area contributed by atoms with Gasteiger partial charge in [-0.2, -0.15) is 0 Å². The molecule has 0 spiro atoms. The molecule has 2 N–H and O–H groups in total. The number of amides is 1. The van der Waals surface area contributed by atoms with Gasteiger partial charge in [-0.3, -0.25) is 9.10 Å². The van der Waals surface area contributed by atoms with Crippen LogP contribution in [0.2, 0.25) is 0 Å². The molecule has 1 aliphatic heterocycles. The van der Waals surface area contributed by atoms with Gasteiger partial charge < -0.3 is 10.4 Å². The molecule has 9 nitrogen and oxygen atoms in total. The van der Waals surface area contributed by atoms with Crippen molar-refractivity contribution in [2.75, 3.05) is 0 Å². The van der Waals surface area contributed by atoms with Crippen LogP contribution < -0.4 is 5.32 Å². The third-order valence-electron chi connectivity index (χ3n) is 6.61. The topological polar surface area (TPSA) is 117 Å². The molecule has 3 aromatic rings. The Bertz CT molecular complexity index is 1380. The van der Waals surface area contributed by atoms with Gasteiger partial charge in [-0.15, -0.1) is 5.10 Å². The second-order valence-electron chi connectivity index (χ2n) is 8.98. The number of carbonyl (C=O) groups is 1. The highest BCUT2D eigenvalue weighted by atomic mass is 32.2. The summed E-state index contributed by atoms with van der Waals surface area (Å²) in [5.74, 6) is -0.419. The fourth-order valence-electron chi connectivity index (χ4n) is 4.74. The van der Waals surface area contributed by atoms with Crippen LogP contribution >= 0.6 is 0 Å². The summed E-state index contributed by atoms with van der Waals surface area (Å²) in [5, 5.41) is 20.7. The maximum absolute atomic E-state index is 13.3. The normalized spacial score (nSPS) is 19.9. The van der Waals surface area contributed by atoms with Crippen LogP contribution in [0.15, 0.2) is 66.0 Å². The second kappa shape index (κ2) is 9.27. The molecule has 2 heterocycles. The van der Waals surface area contributed by atoms with Crippen LogP contribution in [0.4, 0.5) is 0 Å². The lowest BCUT2D eigenvalue weighted by molar-refractivity contribution is -0.124. The maximum Gasteiger partial charge on any atom is 0.264 e. The Hall–Kier alpha value is -3.50. The van der Waals surface area contributed by atoms with Gasteiger partial charge in [-0.25, -0.2) is 13.1 Å². The lowest BCUT2D eigenvalue weighted by Crippen LogP contribution is -2.50. The number of hydrogen-bond acceptors (Lipinski definition) is 6. The highest BCUT2D eigenvalue weighted by Crippen LogP contribution is 2.33. The van der Waals surface area contributed by atoms with Crippen molar-refractivity contribution in [3.05, 3.63) is 89.0 Å². The van der Waals surface area contributed by atoms with E-state index in [-0.39, 0.29) is 24.0 Å². The molecule has 1 unspecified atom stereocenters. The predicted octanol–water partition coefficient (Wildman–Crippen LogP) is 2.21. The molecular weight excluding hydrogens is 466 g/mol. The van der Waals surface area contributed by atoms with E-state index in [4.69, 9.17) is 0 Å². The first-order valence-electron chi connectivity index (χ1n) is 11.6. The molecule has 0 saturated carbocycles. The van der Waals surface area contributed by atoms with Gasteiger partial charge in [0, 0.05) is 25.0 Å². The summed E-state index contributed by atoms with van der Waals surface area (Å²) in [6.45, 7) is 1.89. The molecule has 10 heteroatoms. The minimum absolute atomic E-state index is 0.000199. The molecule has 35 heavy (non-hydrogen) atoms. The number of sulfonamides is 1. The summed E-state index contributed by atoms with van der Waals surface area (Å²) in [6.07, 6.45) is 7.42. The van der Waals surface area contributed by atoms with Crippen molar-refractivity contribution in [3.8, 4) is 0 Å². The highest BCUT2D eigenvalue weighted by Gasteiger charge is 2.36. The Labute approximate surface area is 204 Å². The molecule has 0 saturated heterocycles. The zero-order valence-corrected chi connectivity index (χ0v) is 20.1. The Balaban J connectivity index is 1.41. The van der Waals surface area contributed by atoms with E-state index in [0.717, 1.165) is 40.3 Å². The number of hydrogen-bond donors (Lipinski definition) is 2. The minimum Gasteiger partial charge on any atom is -0.392 e. The first-order chi connectivity index (χ1) is 16.9. The zero-order chi connectivity index (χ0) is 24.6. The summed E-state index contributed by atoms with van der Waals surface area (Å²) >= 11 is 0. The van der Waals surface area contributed by atoms with Crippen molar-refractivity contribution < 1.29 is 18.3 Å². The van der Waals surface area contributed by atoms with Gasteiger partial charge in [0.1, 0.15) is 6.04 Å². The molecule has 0 radical (unpaired) electrons. The number of aromatic nitrogens is 3. The third kappa shape index (κ3) is 4.46. The molecule has 182 valence electrons. The summed E-state index contributed by atoms with van der Waals surface area (Å²) in [6, 6.07) is 11.5. The molecule has 1 aromatic heterocycles. The van der Waals surface area contributed by atoms with Crippen LogP contribution in [0, 0.1) is 6.92 Å². The van der Waals surface area contributed by atoms with Crippen LogP contribution in [-0.2, 0) is 34.3 Å². The molecule has 1 aliphatic carbocycles. The van der Waals surface area contributed by atoms with Crippen molar-refractivity contribution in [2.45, 2.75) is 56.2 Å². The molecule has 2 aliphatic rings. The number of carbonyl (C=O) groups excluding carboxylic acids is 1. The fraction of sp³-hybridized carbons (Fsp3) is 0.320. The van der Waals surface area contributed by atoms with Gasteiger partial charge in [0.25, 0.3) is 10.0 Å². The van der Waals surface area contributed by atoms with Gasteiger partial charge in [0.2, 0.25) is 5.91 Å². The number of nitrogens with one attached hydrogen (secondary N) is 1. The summed E-state index contributed by atoms with van der Waals surface area (Å²) in [5.41, 5.74) is 4.70. The molecule has 2 aromatic carbocycles. The summed E-state index contributed by atoms with van der Waals surface area (Å²) < 4.78 is 29.5. The maximum atomic E-state index is 13.3. The second-order valence-corrected chi connectivity index (χ2v) is 10.8.